The molecule has 0 atom stereocenters. The summed E-state index contributed by atoms with van der Waals surface area (Å²) in [5, 5.41) is 0. The molecule has 92 valence electrons. The highest BCUT2D eigenvalue weighted by atomic mass is 16.5. The molecule has 0 aromatic heterocycles. The number of ether oxygens (including phenoxy) is 1. The summed E-state index contributed by atoms with van der Waals surface area (Å²) in [5.41, 5.74) is 2.39. The van der Waals surface area contributed by atoms with Crippen molar-refractivity contribution < 1.29 is 9.53 Å². The van der Waals surface area contributed by atoms with E-state index in [1.165, 1.54) is 11.1 Å². The van der Waals surface area contributed by atoms with Crippen molar-refractivity contribution in [2.45, 2.75) is 26.7 Å². The molecule has 16 heavy (non-hydrogen) atoms. The molecule has 0 bridgehead atoms. The molecule has 3 heteroatoms. The number of rotatable bonds is 7. The first-order valence-electron chi connectivity index (χ1n) is 5.62. The molecule has 0 aromatic carbocycles. The fraction of sp³-hybridized carbons (Fsp3) is 0.615. The third-order valence-corrected chi connectivity index (χ3v) is 2.29. The average molecular weight is 225 g/mol. The van der Waals surface area contributed by atoms with Crippen molar-refractivity contribution in [3.05, 3.63) is 23.8 Å². The van der Waals surface area contributed by atoms with Gasteiger partial charge in [-0.25, -0.2) is 0 Å². The Morgan fingerprint density at radius 3 is 2.44 bits per heavy atom. The van der Waals surface area contributed by atoms with Crippen LogP contribution in [0.1, 0.15) is 26.7 Å². The van der Waals surface area contributed by atoms with Crippen LogP contribution in [-0.2, 0) is 9.53 Å². The van der Waals surface area contributed by atoms with Gasteiger partial charge in [0.2, 0.25) is 0 Å². The quantitative estimate of drug-likeness (QED) is 0.492. The van der Waals surface area contributed by atoms with Gasteiger partial charge in [0.15, 0.2) is 0 Å². The molecule has 0 unspecified atom stereocenters. The van der Waals surface area contributed by atoms with Crippen molar-refractivity contribution in [3.8, 4) is 0 Å². The largest absolute Gasteiger partial charge is 0.466 e. The minimum Gasteiger partial charge on any atom is -0.466 e. The summed E-state index contributed by atoms with van der Waals surface area (Å²) >= 11 is 0. The monoisotopic (exact) mass is 225 g/mol. The van der Waals surface area contributed by atoms with E-state index in [4.69, 9.17) is 4.74 Å². The van der Waals surface area contributed by atoms with Crippen LogP contribution in [0.25, 0.3) is 0 Å². The molecule has 0 radical (unpaired) electrons. The zero-order valence-electron chi connectivity index (χ0n) is 10.9. The second-order valence-corrected chi connectivity index (χ2v) is 4.05. The summed E-state index contributed by atoms with van der Waals surface area (Å²) in [6.45, 7) is 8.97. The van der Waals surface area contributed by atoms with Crippen LogP contribution in [0.2, 0.25) is 0 Å². The number of esters is 1. The highest BCUT2D eigenvalue weighted by Gasteiger charge is 2.05. The maximum absolute atomic E-state index is 11.2. The van der Waals surface area contributed by atoms with Crippen LogP contribution < -0.4 is 0 Å². The third-order valence-electron chi connectivity index (χ3n) is 2.29. The topological polar surface area (TPSA) is 29.5 Å². The Morgan fingerprint density at radius 2 is 2.00 bits per heavy atom. The first-order chi connectivity index (χ1) is 7.51. The van der Waals surface area contributed by atoms with E-state index in [1.54, 1.807) is 0 Å². The number of carbonyl (C=O) groups is 1. The van der Waals surface area contributed by atoms with Crippen LogP contribution in [0.5, 0.6) is 0 Å². The molecule has 0 rings (SSSR count). The molecule has 3 nitrogen and oxygen atoms in total. The maximum atomic E-state index is 11.2. The van der Waals surface area contributed by atoms with Crippen molar-refractivity contribution in [1.82, 2.24) is 4.90 Å². The summed E-state index contributed by atoms with van der Waals surface area (Å²) in [6.07, 6.45) is 3.05. The number of carbonyl (C=O) groups excluding carboxylic acids is 1. The van der Waals surface area contributed by atoms with Crippen molar-refractivity contribution >= 4 is 5.97 Å². The van der Waals surface area contributed by atoms with E-state index in [9.17, 15) is 4.79 Å². The number of hydrogen-bond donors (Lipinski definition) is 0. The van der Waals surface area contributed by atoms with Crippen molar-refractivity contribution in [2.75, 3.05) is 27.2 Å². The van der Waals surface area contributed by atoms with Gasteiger partial charge in [0.1, 0.15) is 0 Å². The summed E-state index contributed by atoms with van der Waals surface area (Å²) in [7, 11) is 4.03. The molecule has 0 spiro atoms. The molecule has 0 amide bonds. The van der Waals surface area contributed by atoms with E-state index in [2.05, 4.69) is 11.5 Å². The smallest absolute Gasteiger partial charge is 0.306 e. The summed E-state index contributed by atoms with van der Waals surface area (Å²) < 4.78 is 4.89. The van der Waals surface area contributed by atoms with Gasteiger partial charge >= 0.3 is 5.97 Å². The van der Waals surface area contributed by atoms with E-state index in [-0.39, 0.29) is 5.97 Å². The lowest BCUT2D eigenvalue weighted by molar-refractivity contribution is -0.143. The van der Waals surface area contributed by atoms with Gasteiger partial charge in [-0.3, -0.25) is 4.79 Å². The van der Waals surface area contributed by atoms with Gasteiger partial charge < -0.3 is 9.64 Å². The van der Waals surface area contributed by atoms with Crippen LogP contribution in [0.3, 0.4) is 0 Å². The van der Waals surface area contributed by atoms with Gasteiger partial charge in [-0.15, -0.1) is 0 Å². The molecule has 0 saturated heterocycles. The lowest BCUT2D eigenvalue weighted by Gasteiger charge is -2.13. The molecule has 0 aromatic rings. The van der Waals surface area contributed by atoms with E-state index in [0.717, 1.165) is 13.0 Å². The highest BCUT2D eigenvalue weighted by Crippen LogP contribution is 2.13. The zero-order valence-corrected chi connectivity index (χ0v) is 10.9. The third kappa shape index (κ3) is 6.40. The first-order valence-corrected chi connectivity index (χ1v) is 5.62. The number of hydrogen-bond acceptors (Lipinski definition) is 3. The summed E-state index contributed by atoms with van der Waals surface area (Å²) in [4.78, 5) is 13.3. The minimum atomic E-state index is -0.130. The number of nitrogens with zero attached hydrogens (tertiary/aromatic N) is 1. The number of likely N-dealkylation sites (N-methyl/N-ethyl adjacent to an activating group) is 1. The Labute approximate surface area is 98.8 Å². The molecule has 0 saturated carbocycles. The summed E-state index contributed by atoms with van der Waals surface area (Å²) in [6, 6.07) is 0. The lowest BCUT2D eigenvalue weighted by atomic mass is 10.0. The molecule has 0 heterocycles. The SMILES string of the molecule is C=C/C(CN(C)C)=C(\C)CCC(=O)OCC. The van der Waals surface area contributed by atoms with Gasteiger partial charge in [0.25, 0.3) is 0 Å². The Kier molecular flexibility index (Phi) is 7.56. The van der Waals surface area contributed by atoms with E-state index >= 15 is 0 Å². The minimum absolute atomic E-state index is 0.130. The molecule has 0 N–H and O–H groups in total. The molecule has 0 aliphatic heterocycles. The normalized spacial score (nSPS) is 12.3. The second kappa shape index (κ2) is 8.11. The van der Waals surface area contributed by atoms with Crippen LogP contribution >= 0.6 is 0 Å². The zero-order chi connectivity index (χ0) is 12.6. The summed E-state index contributed by atoms with van der Waals surface area (Å²) in [5.74, 6) is -0.130. The highest BCUT2D eigenvalue weighted by molar-refractivity contribution is 5.69. The Hall–Kier alpha value is -1.09. The van der Waals surface area contributed by atoms with E-state index < -0.39 is 0 Å². The predicted molar refractivity (Wildman–Crippen MR) is 67.3 cm³/mol. The first kappa shape index (κ1) is 14.9. The lowest BCUT2D eigenvalue weighted by Crippen LogP contribution is -2.15. The van der Waals surface area contributed by atoms with Crippen molar-refractivity contribution in [2.24, 2.45) is 0 Å². The fourth-order valence-corrected chi connectivity index (χ4v) is 1.40. The molecule has 0 fully saturated rings. The van der Waals surface area contributed by atoms with Crippen molar-refractivity contribution in [3.63, 3.8) is 0 Å². The van der Waals surface area contributed by atoms with Gasteiger partial charge in [-0.05, 0) is 39.9 Å². The van der Waals surface area contributed by atoms with Crippen LogP contribution in [0.4, 0.5) is 0 Å². The maximum Gasteiger partial charge on any atom is 0.306 e. The average Bonchev–Trinajstić information content (AvgIpc) is 2.22. The standard InChI is InChI=1S/C13H23NO2/c1-6-12(10-14(4)5)11(3)8-9-13(15)16-7-2/h6H,1,7-10H2,2-5H3/b12-11-. The molecule has 0 aliphatic carbocycles. The van der Waals surface area contributed by atoms with Crippen LogP contribution in [0.15, 0.2) is 23.8 Å². The Morgan fingerprint density at radius 1 is 1.38 bits per heavy atom. The Balaban J connectivity index is 4.27. The van der Waals surface area contributed by atoms with Gasteiger partial charge in [0, 0.05) is 13.0 Å². The molecule has 0 aliphatic rings. The van der Waals surface area contributed by atoms with Crippen molar-refractivity contribution in [1.29, 1.82) is 0 Å². The second-order valence-electron chi connectivity index (χ2n) is 4.05. The predicted octanol–water partition coefficient (Wildman–Crippen LogP) is 2.39. The van der Waals surface area contributed by atoms with E-state index in [1.807, 2.05) is 34.0 Å². The van der Waals surface area contributed by atoms with Crippen LogP contribution in [-0.4, -0.2) is 38.1 Å². The molecular weight excluding hydrogens is 202 g/mol. The van der Waals surface area contributed by atoms with Gasteiger partial charge in [-0.1, -0.05) is 18.2 Å². The number of allylic oxidation sites excluding steroid dienone is 1. The van der Waals surface area contributed by atoms with E-state index in [0.29, 0.717) is 13.0 Å². The van der Waals surface area contributed by atoms with Gasteiger partial charge in [0.05, 0.1) is 6.61 Å². The Bertz CT molecular complexity index is 267. The fourth-order valence-electron chi connectivity index (χ4n) is 1.40. The molecular formula is C13H23NO2. The van der Waals surface area contributed by atoms with Gasteiger partial charge in [-0.2, -0.15) is 0 Å². The van der Waals surface area contributed by atoms with Crippen LogP contribution in [0, 0.1) is 0 Å².